The van der Waals surface area contributed by atoms with Gasteiger partial charge in [0.15, 0.2) is 16.6 Å². The predicted molar refractivity (Wildman–Crippen MR) is 109 cm³/mol. The second kappa shape index (κ2) is 8.69. The number of hydrogen-bond acceptors (Lipinski definition) is 6. The lowest BCUT2D eigenvalue weighted by atomic mass is 9.97. The molecule has 3 heterocycles. The van der Waals surface area contributed by atoms with Crippen molar-refractivity contribution in [3.8, 4) is 11.5 Å². The molecule has 2 N–H and O–H groups in total. The number of anilines is 1. The fraction of sp³-hybridized carbons (Fsp3) is 0.450. The largest absolute Gasteiger partial charge is 0.486 e. The molecule has 2 aliphatic heterocycles. The maximum absolute atomic E-state index is 12.8. The predicted octanol–water partition coefficient (Wildman–Crippen LogP) is 3.04. The summed E-state index contributed by atoms with van der Waals surface area (Å²) in [6, 6.07) is 5.34. The summed E-state index contributed by atoms with van der Waals surface area (Å²) in [5.74, 6) is 1.11. The molecule has 0 bridgehead atoms. The number of amides is 3. The van der Waals surface area contributed by atoms with Gasteiger partial charge >= 0.3 is 6.03 Å². The van der Waals surface area contributed by atoms with E-state index in [1.807, 2.05) is 30.5 Å². The summed E-state index contributed by atoms with van der Waals surface area (Å²) >= 11 is 1.38. The second-order valence-electron chi connectivity index (χ2n) is 7.19. The van der Waals surface area contributed by atoms with Gasteiger partial charge in [-0.05, 0) is 37.5 Å². The van der Waals surface area contributed by atoms with Gasteiger partial charge in [0, 0.05) is 24.7 Å². The zero-order valence-electron chi connectivity index (χ0n) is 16.2. The number of nitrogens with one attached hydrogen (secondary N) is 2. The minimum atomic E-state index is -0.233. The number of carbonyl (C=O) groups is 2. The molecule has 0 aliphatic carbocycles. The number of fused-ring (bicyclic) bond motifs is 1. The molecule has 3 amide bonds. The van der Waals surface area contributed by atoms with Crippen molar-refractivity contribution in [3.63, 3.8) is 0 Å². The molecule has 1 aromatic carbocycles. The van der Waals surface area contributed by atoms with E-state index in [-0.39, 0.29) is 23.9 Å². The molecular weight excluding hydrogens is 392 g/mol. The molecule has 0 saturated carbocycles. The standard InChI is InChI=1S/C20H24N4O4S/c1-13(14-4-5-16-17(11-14)28-9-8-27-16)22-20(26)24-7-2-3-15(12-24)18(25)23-19-21-6-10-29-19/h4-6,10-11,13,15H,2-3,7-9,12H2,1H3,(H,22,26)(H,21,23,25). The third-order valence-electron chi connectivity index (χ3n) is 5.15. The summed E-state index contributed by atoms with van der Waals surface area (Å²) in [5, 5.41) is 8.26. The van der Waals surface area contributed by atoms with Gasteiger partial charge in [0.2, 0.25) is 5.91 Å². The highest BCUT2D eigenvalue weighted by Gasteiger charge is 2.29. The summed E-state index contributed by atoms with van der Waals surface area (Å²) in [6.45, 7) is 4.04. The van der Waals surface area contributed by atoms with Gasteiger partial charge in [0.05, 0.1) is 12.0 Å². The van der Waals surface area contributed by atoms with E-state index in [4.69, 9.17) is 9.47 Å². The molecule has 1 aromatic heterocycles. The van der Waals surface area contributed by atoms with Gasteiger partial charge in [-0.1, -0.05) is 6.07 Å². The first-order chi connectivity index (χ1) is 14.1. The molecule has 154 valence electrons. The van der Waals surface area contributed by atoms with Crippen molar-refractivity contribution in [1.82, 2.24) is 15.2 Å². The van der Waals surface area contributed by atoms with Crippen LogP contribution in [0.4, 0.5) is 9.93 Å². The lowest BCUT2D eigenvalue weighted by molar-refractivity contribution is -0.121. The molecule has 0 radical (unpaired) electrons. The van der Waals surface area contributed by atoms with Crippen LogP contribution in [0.1, 0.15) is 31.4 Å². The fourth-order valence-corrected chi connectivity index (χ4v) is 4.09. The third-order valence-corrected chi connectivity index (χ3v) is 5.84. The highest BCUT2D eigenvalue weighted by Crippen LogP contribution is 2.32. The first-order valence-electron chi connectivity index (χ1n) is 9.75. The van der Waals surface area contributed by atoms with Crippen molar-refractivity contribution >= 4 is 28.4 Å². The zero-order chi connectivity index (χ0) is 20.2. The van der Waals surface area contributed by atoms with Crippen LogP contribution in [0.2, 0.25) is 0 Å². The second-order valence-corrected chi connectivity index (χ2v) is 8.08. The number of ether oxygens (including phenoxy) is 2. The fourth-order valence-electron chi connectivity index (χ4n) is 3.56. The number of urea groups is 1. The van der Waals surface area contributed by atoms with E-state index in [9.17, 15) is 9.59 Å². The number of aromatic nitrogens is 1. The van der Waals surface area contributed by atoms with Gasteiger partial charge in [0.1, 0.15) is 13.2 Å². The van der Waals surface area contributed by atoms with Crippen LogP contribution in [0.25, 0.3) is 0 Å². The van der Waals surface area contributed by atoms with Gasteiger partial charge in [-0.15, -0.1) is 11.3 Å². The molecule has 29 heavy (non-hydrogen) atoms. The number of nitrogens with zero attached hydrogens (tertiary/aromatic N) is 2. The summed E-state index contributed by atoms with van der Waals surface area (Å²) in [7, 11) is 0. The number of thiazole rings is 1. The van der Waals surface area contributed by atoms with E-state index in [2.05, 4.69) is 15.6 Å². The third kappa shape index (κ3) is 4.61. The topological polar surface area (TPSA) is 92.8 Å². The number of rotatable bonds is 4. The molecule has 4 rings (SSSR count). The lowest BCUT2D eigenvalue weighted by Crippen LogP contribution is -2.48. The number of carbonyl (C=O) groups excluding carboxylic acids is 2. The Balaban J connectivity index is 1.34. The number of likely N-dealkylation sites (tertiary alicyclic amines) is 1. The SMILES string of the molecule is CC(NC(=O)N1CCCC(C(=O)Nc2nccs2)C1)c1ccc2c(c1)OCCO2. The van der Waals surface area contributed by atoms with Crippen LogP contribution >= 0.6 is 11.3 Å². The Hall–Kier alpha value is -2.81. The zero-order valence-corrected chi connectivity index (χ0v) is 17.0. The van der Waals surface area contributed by atoms with Crippen molar-refractivity contribution in [2.45, 2.75) is 25.8 Å². The lowest BCUT2D eigenvalue weighted by Gasteiger charge is -2.33. The quantitative estimate of drug-likeness (QED) is 0.799. The van der Waals surface area contributed by atoms with E-state index in [0.717, 1.165) is 24.2 Å². The molecule has 1 fully saturated rings. The first kappa shape index (κ1) is 19.5. The highest BCUT2D eigenvalue weighted by atomic mass is 32.1. The monoisotopic (exact) mass is 416 g/mol. The average Bonchev–Trinajstić information content (AvgIpc) is 3.26. The minimum absolute atomic E-state index is 0.0858. The highest BCUT2D eigenvalue weighted by molar-refractivity contribution is 7.13. The van der Waals surface area contributed by atoms with E-state index in [0.29, 0.717) is 37.2 Å². The maximum Gasteiger partial charge on any atom is 0.317 e. The number of piperidine rings is 1. The van der Waals surface area contributed by atoms with Crippen LogP contribution in [-0.4, -0.2) is 48.1 Å². The van der Waals surface area contributed by atoms with Gasteiger partial charge in [-0.25, -0.2) is 9.78 Å². The van der Waals surface area contributed by atoms with Crippen LogP contribution < -0.4 is 20.1 Å². The number of benzene rings is 1. The first-order valence-corrected chi connectivity index (χ1v) is 10.6. The van der Waals surface area contributed by atoms with Crippen molar-refractivity contribution < 1.29 is 19.1 Å². The smallest absolute Gasteiger partial charge is 0.317 e. The average molecular weight is 417 g/mol. The Morgan fingerprint density at radius 1 is 1.28 bits per heavy atom. The van der Waals surface area contributed by atoms with Crippen molar-refractivity contribution in [2.75, 3.05) is 31.6 Å². The van der Waals surface area contributed by atoms with Crippen molar-refractivity contribution in [1.29, 1.82) is 0 Å². The van der Waals surface area contributed by atoms with Gasteiger partial charge in [0.25, 0.3) is 0 Å². The molecular formula is C20H24N4O4S. The Morgan fingerprint density at radius 3 is 2.90 bits per heavy atom. The summed E-state index contributed by atoms with van der Waals surface area (Å²) in [4.78, 5) is 31.1. The molecule has 8 nitrogen and oxygen atoms in total. The van der Waals surface area contributed by atoms with Crippen LogP contribution in [0.5, 0.6) is 11.5 Å². The van der Waals surface area contributed by atoms with Gasteiger partial charge in [-0.2, -0.15) is 0 Å². The summed E-state index contributed by atoms with van der Waals surface area (Å²) in [5.41, 5.74) is 0.942. The maximum atomic E-state index is 12.8. The van der Waals surface area contributed by atoms with E-state index in [1.165, 1.54) is 11.3 Å². The van der Waals surface area contributed by atoms with E-state index >= 15 is 0 Å². The molecule has 9 heteroatoms. The van der Waals surface area contributed by atoms with Crippen molar-refractivity contribution in [2.24, 2.45) is 5.92 Å². The summed E-state index contributed by atoms with van der Waals surface area (Å²) < 4.78 is 11.2. The van der Waals surface area contributed by atoms with E-state index in [1.54, 1.807) is 11.1 Å². The van der Waals surface area contributed by atoms with Crippen LogP contribution in [0, 0.1) is 5.92 Å². The van der Waals surface area contributed by atoms with Gasteiger partial charge < -0.3 is 25.0 Å². The van der Waals surface area contributed by atoms with Crippen molar-refractivity contribution in [3.05, 3.63) is 35.3 Å². The Bertz CT molecular complexity index is 873. The minimum Gasteiger partial charge on any atom is -0.486 e. The molecule has 0 spiro atoms. The molecule has 2 atom stereocenters. The van der Waals surface area contributed by atoms with Crippen LogP contribution in [0.15, 0.2) is 29.8 Å². The Labute approximate surface area is 173 Å². The molecule has 2 unspecified atom stereocenters. The molecule has 2 aromatic rings. The van der Waals surface area contributed by atoms with E-state index < -0.39 is 0 Å². The Morgan fingerprint density at radius 2 is 2.10 bits per heavy atom. The van der Waals surface area contributed by atoms with Crippen LogP contribution in [0.3, 0.4) is 0 Å². The Kier molecular flexibility index (Phi) is 5.84. The van der Waals surface area contributed by atoms with Gasteiger partial charge in [-0.3, -0.25) is 4.79 Å². The normalized spacial score (nSPS) is 19.3. The summed E-state index contributed by atoms with van der Waals surface area (Å²) in [6.07, 6.45) is 3.21. The molecule has 1 saturated heterocycles. The van der Waals surface area contributed by atoms with Crippen LogP contribution in [-0.2, 0) is 4.79 Å². The molecule has 2 aliphatic rings. The number of hydrogen-bond donors (Lipinski definition) is 2.